The normalized spacial score (nSPS) is 16.6. The molecule has 0 unspecified atom stereocenters. The summed E-state index contributed by atoms with van der Waals surface area (Å²) < 4.78 is 12.8. The summed E-state index contributed by atoms with van der Waals surface area (Å²) in [5.74, 6) is 0.362. The summed E-state index contributed by atoms with van der Waals surface area (Å²) in [5.41, 5.74) is 3.84. The topological polar surface area (TPSA) is 152 Å². The van der Waals surface area contributed by atoms with Crippen LogP contribution in [0.3, 0.4) is 0 Å². The van der Waals surface area contributed by atoms with Gasteiger partial charge in [0.15, 0.2) is 5.78 Å². The van der Waals surface area contributed by atoms with Crippen molar-refractivity contribution in [1.29, 1.82) is 0 Å². The number of rotatable bonds is 10. The molecular formula is C41H34N4O7S2. The van der Waals surface area contributed by atoms with Crippen molar-refractivity contribution < 1.29 is 33.4 Å². The van der Waals surface area contributed by atoms with E-state index in [0.717, 1.165) is 41.1 Å². The molecule has 4 N–H and O–H groups in total. The summed E-state index contributed by atoms with van der Waals surface area (Å²) in [4.78, 5) is 65.6. The fraction of sp³-hybridized carbons (Fsp3) is 0.195. The first-order valence-corrected chi connectivity index (χ1v) is 19.0. The zero-order valence-electron chi connectivity index (χ0n) is 29.2. The zero-order chi connectivity index (χ0) is 37.5. The Hall–Kier alpha value is -6.05. The number of carbonyl (C=O) groups is 5. The predicted molar refractivity (Wildman–Crippen MR) is 211 cm³/mol. The maximum absolute atomic E-state index is 15.2. The van der Waals surface area contributed by atoms with Crippen LogP contribution in [0, 0.1) is 0 Å². The molecule has 4 amide bonds. The summed E-state index contributed by atoms with van der Waals surface area (Å²) in [5, 5.41) is 12.7. The van der Waals surface area contributed by atoms with Gasteiger partial charge >= 0.3 is 0 Å². The van der Waals surface area contributed by atoms with Crippen molar-refractivity contribution in [2.24, 2.45) is 0 Å². The zero-order valence-corrected chi connectivity index (χ0v) is 30.9. The lowest BCUT2D eigenvalue weighted by Crippen LogP contribution is -2.37. The fourth-order valence-electron chi connectivity index (χ4n) is 6.88. The van der Waals surface area contributed by atoms with Crippen LogP contribution in [-0.4, -0.2) is 55.7 Å². The van der Waals surface area contributed by atoms with E-state index in [-0.39, 0.29) is 29.4 Å². The van der Waals surface area contributed by atoms with Crippen molar-refractivity contribution in [2.45, 2.75) is 37.8 Å². The van der Waals surface area contributed by atoms with Crippen LogP contribution >= 0.6 is 22.7 Å². The maximum Gasteiger partial charge on any atom is 0.246 e. The Labute approximate surface area is 317 Å². The van der Waals surface area contributed by atoms with Crippen molar-refractivity contribution in [1.82, 2.24) is 10.6 Å². The first-order chi connectivity index (χ1) is 26.2. The molecule has 2 aliphatic rings. The van der Waals surface area contributed by atoms with E-state index >= 15 is 4.79 Å². The predicted octanol–water partition coefficient (Wildman–Crippen LogP) is 7.13. The monoisotopic (exact) mass is 758 g/mol. The Balaban J connectivity index is 1.18. The number of ether oxygens (including phenoxy) is 2. The van der Waals surface area contributed by atoms with Gasteiger partial charge in [0.1, 0.15) is 23.6 Å². The van der Waals surface area contributed by atoms with Crippen molar-refractivity contribution in [3.63, 3.8) is 0 Å². The van der Waals surface area contributed by atoms with Crippen LogP contribution in [0.4, 0.5) is 11.4 Å². The molecule has 272 valence electrons. The van der Waals surface area contributed by atoms with E-state index < -0.39 is 12.1 Å². The number of amides is 4. The standard InChI is InChI=1S/C41H34N4O7S2/c1-51-25-11-13-27-31(19-25)53-38(21-3-7-23(8-4-21)42-40(49)29-15-17-33(46)44-29)35(27)37(48)36-28-14-12-26(52-2)20-32(28)54-39(36)22-5-9-24(10-6-22)43-41(50)30-16-18-34(47)45-30/h3-14,19-20,29-30H,15-18H2,1-2H3,(H,42,49)(H,43,50)(H,44,46)(H,45,47)/t29-,30-/m1/s1. The largest absolute Gasteiger partial charge is 0.497 e. The van der Waals surface area contributed by atoms with Crippen LogP contribution in [0.2, 0.25) is 0 Å². The molecule has 0 spiro atoms. The molecule has 0 saturated carbocycles. The molecule has 2 aliphatic heterocycles. The highest BCUT2D eigenvalue weighted by molar-refractivity contribution is 7.23. The minimum absolute atomic E-state index is 0.137. The lowest BCUT2D eigenvalue weighted by Gasteiger charge is -2.12. The summed E-state index contributed by atoms with van der Waals surface area (Å²) in [6.07, 6.45) is 1.55. The van der Waals surface area contributed by atoms with Crippen molar-refractivity contribution in [3.05, 3.63) is 96.1 Å². The number of nitrogens with one attached hydrogen (secondary N) is 4. The van der Waals surface area contributed by atoms with Gasteiger partial charge in [-0.15, -0.1) is 22.7 Å². The molecule has 0 bridgehead atoms. The molecule has 13 heteroatoms. The van der Waals surface area contributed by atoms with Crippen LogP contribution in [0.25, 0.3) is 41.1 Å². The lowest BCUT2D eigenvalue weighted by atomic mass is 9.94. The lowest BCUT2D eigenvalue weighted by molar-refractivity contribution is -0.122. The summed E-state index contributed by atoms with van der Waals surface area (Å²) in [6.45, 7) is 0. The number of methoxy groups -OCH3 is 2. The number of anilines is 2. The third-order valence-corrected chi connectivity index (χ3v) is 12.1. The van der Waals surface area contributed by atoms with Crippen molar-refractivity contribution >= 4 is 83.6 Å². The smallest absolute Gasteiger partial charge is 0.246 e. The van der Waals surface area contributed by atoms with E-state index in [1.165, 1.54) is 22.7 Å². The van der Waals surface area contributed by atoms with Gasteiger partial charge in [0.2, 0.25) is 23.6 Å². The first kappa shape index (κ1) is 35.0. The highest BCUT2D eigenvalue weighted by Gasteiger charge is 2.30. The van der Waals surface area contributed by atoms with E-state index in [1.807, 2.05) is 60.7 Å². The van der Waals surface area contributed by atoms with Gasteiger partial charge < -0.3 is 30.7 Å². The molecule has 2 fully saturated rings. The summed E-state index contributed by atoms with van der Waals surface area (Å²) in [7, 11) is 3.21. The number of fused-ring (bicyclic) bond motifs is 2. The van der Waals surface area contributed by atoms with Crippen LogP contribution in [0.1, 0.15) is 41.6 Å². The number of carbonyl (C=O) groups excluding carboxylic acids is 5. The molecule has 11 nitrogen and oxygen atoms in total. The average molecular weight is 759 g/mol. The minimum atomic E-state index is -0.565. The molecule has 2 saturated heterocycles. The average Bonchev–Trinajstić information content (AvgIpc) is 3.99. The fourth-order valence-corrected chi connectivity index (χ4v) is 9.35. The Morgan fingerprint density at radius 3 is 1.37 bits per heavy atom. The van der Waals surface area contributed by atoms with E-state index in [9.17, 15) is 19.2 Å². The van der Waals surface area contributed by atoms with Crippen LogP contribution < -0.4 is 30.7 Å². The van der Waals surface area contributed by atoms with Gasteiger partial charge in [-0.2, -0.15) is 0 Å². The van der Waals surface area contributed by atoms with Crippen LogP contribution in [-0.2, 0) is 19.2 Å². The van der Waals surface area contributed by atoms with Crippen molar-refractivity contribution in [3.8, 4) is 32.4 Å². The summed E-state index contributed by atoms with van der Waals surface area (Å²) >= 11 is 2.97. The molecule has 54 heavy (non-hydrogen) atoms. The third-order valence-electron chi connectivity index (χ3n) is 9.70. The van der Waals surface area contributed by atoms with Crippen LogP contribution in [0.15, 0.2) is 84.9 Å². The Kier molecular flexibility index (Phi) is 9.34. The second-order valence-corrected chi connectivity index (χ2v) is 15.2. The molecule has 2 atom stereocenters. The molecule has 2 aromatic heterocycles. The number of benzene rings is 4. The first-order valence-electron chi connectivity index (χ1n) is 17.4. The quantitative estimate of drug-likeness (QED) is 0.109. The molecule has 4 heterocycles. The number of ketones is 1. The molecule has 4 aromatic carbocycles. The van der Waals surface area contributed by atoms with Crippen molar-refractivity contribution in [2.75, 3.05) is 24.9 Å². The van der Waals surface area contributed by atoms with Gasteiger partial charge in [-0.1, -0.05) is 24.3 Å². The summed E-state index contributed by atoms with van der Waals surface area (Å²) in [6, 6.07) is 24.9. The minimum Gasteiger partial charge on any atom is -0.497 e. The van der Waals surface area contributed by atoms with Gasteiger partial charge in [0, 0.05) is 65.3 Å². The molecule has 6 aromatic rings. The number of hydrogen-bond donors (Lipinski definition) is 4. The second-order valence-electron chi connectivity index (χ2n) is 13.1. The molecular weight excluding hydrogens is 725 g/mol. The van der Waals surface area contributed by atoms with Crippen LogP contribution in [0.5, 0.6) is 11.5 Å². The van der Waals surface area contributed by atoms with E-state index in [1.54, 1.807) is 38.5 Å². The second kappa shape index (κ2) is 14.4. The van der Waals surface area contributed by atoms with Gasteiger partial charge in [0.25, 0.3) is 0 Å². The Bertz CT molecular complexity index is 2320. The van der Waals surface area contributed by atoms with Gasteiger partial charge in [-0.05, 0) is 84.6 Å². The maximum atomic E-state index is 15.2. The van der Waals surface area contributed by atoms with E-state index in [0.29, 0.717) is 59.7 Å². The highest BCUT2D eigenvalue weighted by Crippen LogP contribution is 2.46. The SMILES string of the molecule is COc1ccc2c(C(=O)c3c(-c4ccc(NC(=O)[C@H]5CCC(=O)N5)cc4)sc4cc(OC)ccc34)c(-c3ccc(NC(=O)[C@H]4CCC(=O)N4)cc3)sc2c1. The van der Waals surface area contributed by atoms with Gasteiger partial charge in [0.05, 0.1) is 14.2 Å². The van der Waals surface area contributed by atoms with E-state index in [4.69, 9.17) is 9.47 Å². The van der Waals surface area contributed by atoms with Gasteiger partial charge in [-0.3, -0.25) is 24.0 Å². The van der Waals surface area contributed by atoms with E-state index in [2.05, 4.69) is 21.3 Å². The highest BCUT2D eigenvalue weighted by atomic mass is 32.1. The molecule has 0 radical (unpaired) electrons. The number of thiophene rings is 2. The molecule has 0 aliphatic carbocycles. The Morgan fingerprint density at radius 1 is 0.611 bits per heavy atom. The van der Waals surface area contributed by atoms with Gasteiger partial charge in [-0.25, -0.2) is 0 Å². The molecule has 8 rings (SSSR count). The number of hydrogen-bond acceptors (Lipinski definition) is 9. The third kappa shape index (κ3) is 6.67. The Morgan fingerprint density at radius 2 is 1.02 bits per heavy atom.